The summed E-state index contributed by atoms with van der Waals surface area (Å²) in [6.07, 6.45) is 1.81. The van der Waals surface area contributed by atoms with Gasteiger partial charge >= 0.3 is 0 Å². The molecule has 0 aliphatic carbocycles. The van der Waals surface area contributed by atoms with E-state index in [1.165, 1.54) is 22.9 Å². The molecule has 0 spiro atoms. The van der Waals surface area contributed by atoms with Gasteiger partial charge in [-0.25, -0.2) is 4.39 Å². The molecule has 6 nitrogen and oxygen atoms in total. The summed E-state index contributed by atoms with van der Waals surface area (Å²) in [6, 6.07) is 23.1. The molecular weight excluding hydrogens is 457 g/mol. The molecule has 0 aliphatic heterocycles. The van der Waals surface area contributed by atoms with Crippen LogP contribution in [0.2, 0.25) is 5.02 Å². The van der Waals surface area contributed by atoms with Crippen LogP contribution >= 0.6 is 11.6 Å². The monoisotopic (exact) mass is 475 g/mol. The van der Waals surface area contributed by atoms with Crippen molar-refractivity contribution in [3.63, 3.8) is 0 Å². The second kappa shape index (κ2) is 9.41. The summed E-state index contributed by atoms with van der Waals surface area (Å²) < 4.78 is 26.0. The van der Waals surface area contributed by atoms with Crippen LogP contribution in [0.1, 0.15) is 21.9 Å². The number of carbonyl (C=O) groups is 1. The average molecular weight is 476 g/mol. The lowest BCUT2D eigenvalue weighted by Gasteiger charge is -2.07. The highest BCUT2D eigenvalue weighted by Crippen LogP contribution is 2.26. The summed E-state index contributed by atoms with van der Waals surface area (Å²) in [5.74, 6) is 0.398. The van der Waals surface area contributed by atoms with Gasteiger partial charge < -0.3 is 14.5 Å². The Kier molecular flexibility index (Phi) is 6.01. The summed E-state index contributed by atoms with van der Waals surface area (Å²) >= 11 is 5.95. The standard InChI is InChI=1S/C26H19ClFN3O3/c27-22-14-19(28)8-10-23(22)33-16-20-9-11-24(34-20)26(32)29-25-12-13-31(30-25)15-18-6-3-5-17-4-1-2-7-21(17)18/h1-14H,15-16H2,(H,29,30,32). The number of halogens is 2. The maximum atomic E-state index is 13.1. The lowest BCUT2D eigenvalue weighted by atomic mass is 10.0. The first-order chi connectivity index (χ1) is 16.5. The van der Waals surface area contributed by atoms with Crippen LogP contribution in [0.4, 0.5) is 10.2 Å². The van der Waals surface area contributed by atoms with Gasteiger partial charge in [0.1, 0.15) is 23.9 Å². The van der Waals surface area contributed by atoms with E-state index in [1.807, 2.05) is 24.4 Å². The van der Waals surface area contributed by atoms with E-state index in [0.717, 1.165) is 11.6 Å². The third kappa shape index (κ3) is 4.79. The molecule has 2 aromatic heterocycles. The zero-order valence-electron chi connectivity index (χ0n) is 17.9. The number of ether oxygens (including phenoxy) is 1. The van der Waals surface area contributed by atoms with E-state index < -0.39 is 11.7 Å². The molecule has 0 saturated heterocycles. The number of amides is 1. The molecule has 0 bridgehead atoms. The largest absolute Gasteiger partial charge is 0.484 e. The highest BCUT2D eigenvalue weighted by Gasteiger charge is 2.14. The number of hydrogen-bond acceptors (Lipinski definition) is 4. The smallest absolute Gasteiger partial charge is 0.292 e. The molecule has 34 heavy (non-hydrogen) atoms. The second-order valence-corrected chi connectivity index (χ2v) is 8.03. The number of furan rings is 1. The van der Waals surface area contributed by atoms with Crippen molar-refractivity contribution in [2.45, 2.75) is 13.2 Å². The number of nitrogens with zero attached hydrogens (tertiary/aromatic N) is 2. The molecule has 1 N–H and O–H groups in total. The third-order valence-corrected chi connectivity index (χ3v) is 5.54. The van der Waals surface area contributed by atoms with Gasteiger partial charge in [0.25, 0.3) is 5.91 Å². The molecule has 1 amide bonds. The topological polar surface area (TPSA) is 69.3 Å². The van der Waals surface area contributed by atoms with Crippen molar-refractivity contribution in [2.75, 3.05) is 5.32 Å². The number of aromatic nitrogens is 2. The van der Waals surface area contributed by atoms with Crippen LogP contribution in [-0.4, -0.2) is 15.7 Å². The van der Waals surface area contributed by atoms with Gasteiger partial charge in [-0.15, -0.1) is 0 Å². The van der Waals surface area contributed by atoms with E-state index >= 15 is 0 Å². The van der Waals surface area contributed by atoms with Crippen LogP contribution in [-0.2, 0) is 13.2 Å². The van der Waals surface area contributed by atoms with Crippen molar-refractivity contribution < 1.29 is 18.3 Å². The number of hydrogen-bond donors (Lipinski definition) is 1. The van der Waals surface area contributed by atoms with Gasteiger partial charge in [-0.3, -0.25) is 9.48 Å². The van der Waals surface area contributed by atoms with Crippen LogP contribution in [0.3, 0.4) is 0 Å². The molecule has 8 heteroatoms. The van der Waals surface area contributed by atoms with E-state index in [1.54, 1.807) is 22.9 Å². The Labute approximate surface area is 199 Å². The third-order valence-electron chi connectivity index (χ3n) is 5.24. The minimum absolute atomic E-state index is 0.0400. The Morgan fingerprint density at radius 1 is 1.06 bits per heavy atom. The van der Waals surface area contributed by atoms with Gasteiger partial charge in [0, 0.05) is 12.3 Å². The molecular formula is C26H19ClFN3O3. The first kappa shape index (κ1) is 21.7. The molecule has 0 unspecified atom stereocenters. The Morgan fingerprint density at radius 3 is 2.79 bits per heavy atom. The van der Waals surface area contributed by atoms with Gasteiger partial charge in [-0.2, -0.15) is 5.10 Å². The molecule has 0 radical (unpaired) electrons. The fraction of sp³-hybridized carbons (Fsp3) is 0.0769. The zero-order valence-corrected chi connectivity index (χ0v) is 18.6. The summed E-state index contributed by atoms with van der Waals surface area (Å²) in [6.45, 7) is 0.615. The Balaban J connectivity index is 1.21. The van der Waals surface area contributed by atoms with Crippen molar-refractivity contribution in [3.05, 3.63) is 113 Å². The minimum atomic E-state index is -0.450. The molecule has 5 rings (SSSR count). The number of benzene rings is 3. The summed E-state index contributed by atoms with van der Waals surface area (Å²) in [7, 11) is 0. The quantitative estimate of drug-likeness (QED) is 0.300. The number of anilines is 1. The summed E-state index contributed by atoms with van der Waals surface area (Å²) in [5, 5.41) is 9.67. The number of fused-ring (bicyclic) bond motifs is 1. The fourth-order valence-electron chi connectivity index (χ4n) is 3.62. The first-order valence-electron chi connectivity index (χ1n) is 10.5. The van der Waals surface area contributed by atoms with E-state index in [4.69, 9.17) is 20.8 Å². The van der Waals surface area contributed by atoms with Gasteiger partial charge in [-0.1, -0.05) is 54.1 Å². The molecule has 5 aromatic rings. The zero-order chi connectivity index (χ0) is 23.5. The number of carbonyl (C=O) groups excluding carboxylic acids is 1. The van der Waals surface area contributed by atoms with Crippen LogP contribution in [0.25, 0.3) is 10.8 Å². The predicted octanol–water partition coefficient (Wildman–Crippen LogP) is 6.30. The minimum Gasteiger partial charge on any atom is -0.484 e. The summed E-state index contributed by atoms with van der Waals surface area (Å²) in [5.41, 5.74) is 1.14. The number of rotatable bonds is 7. The van der Waals surface area contributed by atoms with Crippen molar-refractivity contribution in [1.82, 2.24) is 9.78 Å². The van der Waals surface area contributed by atoms with E-state index in [-0.39, 0.29) is 17.4 Å². The maximum Gasteiger partial charge on any atom is 0.292 e. The van der Waals surface area contributed by atoms with E-state index in [9.17, 15) is 9.18 Å². The molecule has 0 saturated carbocycles. The van der Waals surface area contributed by atoms with Gasteiger partial charge in [-0.05, 0) is 46.7 Å². The predicted molar refractivity (Wildman–Crippen MR) is 128 cm³/mol. The maximum absolute atomic E-state index is 13.1. The Bertz CT molecular complexity index is 1470. The van der Waals surface area contributed by atoms with Crippen LogP contribution in [0, 0.1) is 5.82 Å². The van der Waals surface area contributed by atoms with Crippen LogP contribution in [0.15, 0.2) is 89.5 Å². The van der Waals surface area contributed by atoms with Gasteiger partial charge in [0.15, 0.2) is 11.6 Å². The first-order valence-corrected chi connectivity index (χ1v) is 10.9. The van der Waals surface area contributed by atoms with Gasteiger partial charge in [0.05, 0.1) is 11.6 Å². The normalized spacial score (nSPS) is 11.0. The van der Waals surface area contributed by atoms with Crippen LogP contribution in [0.5, 0.6) is 5.75 Å². The summed E-state index contributed by atoms with van der Waals surface area (Å²) in [4.78, 5) is 12.6. The highest BCUT2D eigenvalue weighted by atomic mass is 35.5. The lowest BCUT2D eigenvalue weighted by Crippen LogP contribution is -2.12. The molecule has 2 heterocycles. The van der Waals surface area contributed by atoms with Crippen molar-refractivity contribution in [3.8, 4) is 5.75 Å². The van der Waals surface area contributed by atoms with Crippen molar-refractivity contribution in [1.29, 1.82) is 0 Å². The van der Waals surface area contributed by atoms with Crippen molar-refractivity contribution >= 4 is 34.1 Å². The highest BCUT2D eigenvalue weighted by molar-refractivity contribution is 6.32. The van der Waals surface area contributed by atoms with E-state index in [0.29, 0.717) is 23.9 Å². The van der Waals surface area contributed by atoms with Crippen molar-refractivity contribution in [2.24, 2.45) is 0 Å². The average Bonchev–Trinajstić information content (AvgIpc) is 3.48. The Morgan fingerprint density at radius 2 is 1.91 bits per heavy atom. The molecule has 0 fully saturated rings. The second-order valence-electron chi connectivity index (χ2n) is 7.62. The lowest BCUT2D eigenvalue weighted by molar-refractivity contribution is 0.0992. The van der Waals surface area contributed by atoms with E-state index in [2.05, 4.69) is 34.7 Å². The fourth-order valence-corrected chi connectivity index (χ4v) is 3.84. The Hall–Kier alpha value is -4.10. The SMILES string of the molecule is O=C(Nc1ccn(Cc2cccc3ccccc23)n1)c1ccc(COc2ccc(F)cc2Cl)o1. The molecule has 0 atom stereocenters. The van der Waals surface area contributed by atoms with Gasteiger partial charge in [0.2, 0.25) is 0 Å². The molecule has 0 aliphatic rings. The molecule has 170 valence electrons. The van der Waals surface area contributed by atoms with Crippen LogP contribution < -0.4 is 10.1 Å². The molecule has 3 aromatic carbocycles. The number of nitrogens with one attached hydrogen (secondary N) is 1.